The van der Waals surface area contributed by atoms with Gasteiger partial charge in [0.05, 0.1) is 16.9 Å². The Kier molecular flexibility index (Phi) is 5.25. The van der Waals surface area contributed by atoms with Gasteiger partial charge >= 0.3 is 0 Å². The largest absolute Gasteiger partial charge is 0.492 e. The third-order valence-electron chi connectivity index (χ3n) is 3.42. The third-order valence-corrected chi connectivity index (χ3v) is 4.94. The predicted octanol–water partition coefficient (Wildman–Crippen LogP) is 1.12. The molecule has 0 aliphatic carbocycles. The highest BCUT2D eigenvalue weighted by Crippen LogP contribution is 2.21. The fourth-order valence-electron chi connectivity index (χ4n) is 1.44. The molecule has 0 bridgehead atoms. The lowest BCUT2D eigenvalue weighted by atomic mass is 9.87. The van der Waals surface area contributed by atoms with Crippen LogP contribution < -0.4 is 15.2 Å². The van der Waals surface area contributed by atoms with E-state index >= 15 is 0 Å². The lowest BCUT2D eigenvalue weighted by Gasteiger charge is -2.37. The predicted molar refractivity (Wildman–Crippen MR) is 83.6 cm³/mol. The van der Waals surface area contributed by atoms with E-state index in [2.05, 4.69) is 4.72 Å². The van der Waals surface area contributed by atoms with Crippen LogP contribution in [0.25, 0.3) is 0 Å². The second kappa shape index (κ2) is 6.21. The lowest BCUT2D eigenvalue weighted by molar-refractivity contribution is 0.00635. The van der Waals surface area contributed by atoms with E-state index < -0.39 is 21.2 Å². The molecule has 0 amide bonds. The number of hydrogen-bond donors (Lipinski definition) is 3. The fraction of sp³-hybridized carbons (Fsp3) is 0.571. The van der Waals surface area contributed by atoms with E-state index in [1.165, 1.54) is 0 Å². The third kappa shape index (κ3) is 5.53. The van der Waals surface area contributed by atoms with Crippen LogP contribution in [0.5, 0.6) is 5.75 Å². The molecule has 0 aromatic heterocycles. The molecule has 120 valence electrons. The van der Waals surface area contributed by atoms with E-state index in [1.54, 1.807) is 52.0 Å². The van der Waals surface area contributed by atoms with Gasteiger partial charge in [-0.25, -0.2) is 13.1 Å². The average Bonchev–Trinajstić information content (AvgIpc) is 2.25. The smallest absolute Gasteiger partial charge is 0.215 e. The Labute approximate surface area is 126 Å². The number of ether oxygens (including phenoxy) is 1. The maximum absolute atomic E-state index is 12.0. The Morgan fingerprint density at radius 3 is 2.43 bits per heavy atom. The highest BCUT2D eigenvalue weighted by atomic mass is 32.2. The second-order valence-corrected chi connectivity index (χ2v) is 7.87. The maximum atomic E-state index is 12.0. The molecular formula is C14H24N2O4S. The molecule has 0 spiro atoms. The van der Waals surface area contributed by atoms with Crippen molar-refractivity contribution in [2.75, 3.05) is 18.1 Å². The molecular weight excluding hydrogens is 292 g/mol. The SMILES string of the molecule is CC(C)(O)C(C)(C)NS(=O)(=O)CCOc1cccc(N)c1. The number of nitrogen functional groups attached to an aromatic ring is 1. The minimum Gasteiger partial charge on any atom is -0.492 e. The molecule has 7 heteroatoms. The van der Waals surface area contributed by atoms with Crippen LogP contribution in [-0.2, 0) is 10.0 Å². The molecule has 0 saturated carbocycles. The summed E-state index contributed by atoms with van der Waals surface area (Å²) in [6.07, 6.45) is 0. The summed E-state index contributed by atoms with van der Waals surface area (Å²) in [5.74, 6) is 0.313. The van der Waals surface area contributed by atoms with E-state index in [9.17, 15) is 13.5 Å². The van der Waals surface area contributed by atoms with Gasteiger partial charge in [0.1, 0.15) is 12.4 Å². The molecule has 4 N–H and O–H groups in total. The highest BCUT2D eigenvalue weighted by molar-refractivity contribution is 7.89. The van der Waals surface area contributed by atoms with Crippen molar-refractivity contribution in [2.45, 2.75) is 38.8 Å². The van der Waals surface area contributed by atoms with Gasteiger partial charge in [-0.15, -0.1) is 0 Å². The molecule has 6 nitrogen and oxygen atoms in total. The van der Waals surface area contributed by atoms with Crippen molar-refractivity contribution in [3.8, 4) is 5.75 Å². The van der Waals surface area contributed by atoms with Crippen molar-refractivity contribution >= 4 is 15.7 Å². The van der Waals surface area contributed by atoms with Crippen molar-refractivity contribution in [1.29, 1.82) is 0 Å². The number of sulfonamides is 1. The lowest BCUT2D eigenvalue weighted by Crippen LogP contribution is -2.58. The Bertz CT molecular complexity index is 577. The summed E-state index contributed by atoms with van der Waals surface area (Å²) in [6, 6.07) is 6.78. The van der Waals surface area contributed by atoms with Crippen LogP contribution in [0.1, 0.15) is 27.7 Å². The average molecular weight is 316 g/mol. The van der Waals surface area contributed by atoms with Gasteiger partial charge in [0.15, 0.2) is 0 Å². The molecule has 0 fully saturated rings. The van der Waals surface area contributed by atoms with Crippen molar-refractivity contribution in [3.05, 3.63) is 24.3 Å². The second-order valence-electron chi connectivity index (χ2n) is 6.03. The van der Waals surface area contributed by atoms with E-state index in [4.69, 9.17) is 10.5 Å². The van der Waals surface area contributed by atoms with Crippen molar-refractivity contribution in [1.82, 2.24) is 4.72 Å². The molecule has 21 heavy (non-hydrogen) atoms. The molecule has 0 heterocycles. The maximum Gasteiger partial charge on any atom is 0.215 e. The monoisotopic (exact) mass is 316 g/mol. The van der Waals surface area contributed by atoms with Gasteiger partial charge in [0, 0.05) is 11.8 Å². The number of aliphatic hydroxyl groups is 1. The topological polar surface area (TPSA) is 102 Å². The summed E-state index contributed by atoms with van der Waals surface area (Å²) < 4.78 is 31.9. The quantitative estimate of drug-likeness (QED) is 0.654. The van der Waals surface area contributed by atoms with E-state index in [-0.39, 0.29) is 12.4 Å². The summed E-state index contributed by atoms with van der Waals surface area (Å²) in [5.41, 5.74) is 3.99. The standard InChI is InChI=1S/C14H24N2O4S/c1-13(2,14(3,4)17)16-21(18,19)9-8-20-12-7-5-6-11(15)10-12/h5-7,10,16-17H,8-9,15H2,1-4H3. The molecule has 0 unspecified atom stereocenters. The Balaban J connectivity index is 2.58. The number of benzene rings is 1. The first-order valence-electron chi connectivity index (χ1n) is 6.65. The highest BCUT2D eigenvalue weighted by Gasteiger charge is 2.38. The van der Waals surface area contributed by atoms with Gasteiger partial charge < -0.3 is 15.6 Å². The zero-order valence-corrected chi connectivity index (χ0v) is 13.7. The summed E-state index contributed by atoms with van der Waals surface area (Å²) in [6.45, 7) is 6.37. The minimum atomic E-state index is -3.57. The summed E-state index contributed by atoms with van der Waals surface area (Å²) >= 11 is 0. The minimum absolute atomic E-state index is 0.000718. The number of anilines is 1. The normalized spacial score (nSPS) is 13.2. The zero-order chi connectivity index (χ0) is 16.3. The van der Waals surface area contributed by atoms with Gasteiger partial charge in [-0.1, -0.05) is 6.07 Å². The molecule has 1 aromatic rings. The van der Waals surface area contributed by atoms with Gasteiger partial charge in [-0.3, -0.25) is 0 Å². The summed E-state index contributed by atoms with van der Waals surface area (Å²) in [4.78, 5) is 0. The molecule has 0 saturated heterocycles. The first-order valence-corrected chi connectivity index (χ1v) is 8.30. The molecule has 1 aromatic carbocycles. The van der Waals surface area contributed by atoms with Crippen molar-refractivity contribution in [2.24, 2.45) is 0 Å². The van der Waals surface area contributed by atoms with Gasteiger partial charge in [-0.05, 0) is 39.8 Å². The fourth-order valence-corrected chi connectivity index (χ4v) is 2.87. The van der Waals surface area contributed by atoms with E-state index in [1.807, 2.05) is 0 Å². The van der Waals surface area contributed by atoms with Gasteiger partial charge in [0.25, 0.3) is 0 Å². The van der Waals surface area contributed by atoms with Crippen LogP contribution in [0.4, 0.5) is 5.69 Å². The van der Waals surface area contributed by atoms with Crippen LogP contribution in [0, 0.1) is 0 Å². The molecule has 0 radical (unpaired) electrons. The first-order chi connectivity index (χ1) is 9.43. The summed E-state index contributed by atoms with van der Waals surface area (Å²) in [7, 11) is -3.57. The van der Waals surface area contributed by atoms with Crippen molar-refractivity contribution < 1.29 is 18.3 Å². The molecule has 0 atom stereocenters. The number of nitrogens with one attached hydrogen (secondary N) is 1. The zero-order valence-electron chi connectivity index (χ0n) is 12.9. The van der Waals surface area contributed by atoms with Crippen LogP contribution in [0.2, 0.25) is 0 Å². The molecule has 1 rings (SSSR count). The van der Waals surface area contributed by atoms with Crippen LogP contribution >= 0.6 is 0 Å². The first kappa shape index (κ1) is 17.7. The Morgan fingerprint density at radius 2 is 1.90 bits per heavy atom. The Hall–Kier alpha value is -1.31. The van der Waals surface area contributed by atoms with Crippen LogP contribution in [-0.4, -0.2) is 37.0 Å². The van der Waals surface area contributed by atoms with Gasteiger partial charge in [-0.2, -0.15) is 0 Å². The van der Waals surface area contributed by atoms with Crippen LogP contribution in [0.15, 0.2) is 24.3 Å². The molecule has 0 aliphatic heterocycles. The summed E-state index contributed by atoms with van der Waals surface area (Å²) in [5, 5.41) is 9.97. The van der Waals surface area contributed by atoms with Gasteiger partial charge in [0.2, 0.25) is 10.0 Å². The number of nitrogens with two attached hydrogens (primary N) is 1. The van der Waals surface area contributed by atoms with Crippen LogP contribution in [0.3, 0.4) is 0 Å². The number of hydrogen-bond acceptors (Lipinski definition) is 5. The van der Waals surface area contributed by atoms with E-state index in [0.29, 0.717) is 11.4 Å². The Morgan fingerprint density at radius 1 is 1.29 bits per heavy atom. The van der Waals surface area contributed by atoms with Crippen molar-refractivity contribution in [3.63, 3.8) is 0 Å². The van der Waals surface area contributed by atoms with E-state index in [0.717, 1.165) is 0 Å². The number of rotatable bonds is 7. The molecule has 0 aliphatic rings.